The molecule has 1 spiro atoms. The zero-order valence-electron chi connectivity index (χ0n) is 35.9. The first-order chi connectivity index (χ1) is 32.2. The van der Waals surface area contributed by atoms with Gasteiger partial charge in [-0.1, -0.05) is 232 Å². The quantitative estimate of drug-likeness (QED) is 0.147. The molecule has 0 heterocycles. The van der Waals surface area contributed by atoms with Gasteiger partial charge in [-0.3, -0.25) is 0 Å². The fraction of sp³-hybridized carbons (Fsp3) is 0.0154. The monoisotopic (exact) mass is 822 g/mol. The minimum Gasteiger partial charge on any atom is -0.0987 e. The molecular formula is C65H42. The molecule has 1 atom stereocenters. The number of hydrogen-bond donors (Lipinski definition) is 0. The maximum Gasteiger partial charge on any atom is 0.0725 e. The van der Waals surface area contributed by atoms with Crippen molar-refractivity contribution in [2.45, 2.75) is 5.41 Å². The summed E-state index contributed by atoms with van der Waals surface area (Å²) in [5.74, 6) is 0. The molecule has 0 fully saturated rings. The Kier molecular flexibility index (Phi) is 8.23. The standard InChI is InChI=1S/C65H42/c1-3-47-52-23-11-13-29-60(52)65(59(47)4-2)61-30-14-12-24-53(61)56-39-57-58(40-62(56)65)64(46-37-33-44(34-38-46)51-28-16-20-42-18-6-8-22-49(42)51)55-26-10-9-25-54(55)63(57)45-35-31-43(32-36-45)50-27-15-19-41-17-5-7-21-48(41)50/h3-40H,1-2H2. The van der Waals surface area contributed by atoms with Gasteiger partial charge in [-0.15, -0.1) is 0 Å². The van der Waals surface area contributed by atoms with E-state index in [1.54, 1.807) is 0 Å². The van der Waals surface area contributed by atoms with Gasteiger partial charge in [0.05, 0.1) is 5.41 Å². The van der Waals surface area contributed by atoms with Gasteiger partial charge < -0.3 is 0 Å². The molecule has 302 valence electrons. The van der Waals surface area contributed by atoms with Crippen LogP contribution in [0.25, 0.3) is 104 Å². The average Bonchev–Trinajstić information content (AvgIpc) is 3.83. The van der Waals surface area contributed by atoms with E-state index in [1.807, 2.05) is 6.08 Å². The molecule has 0 N–H and O–H groups in total. The third-order valence-corrected chi connectivity index (χ3v) is 14.5. The molecule has 0 aliphatic heterocycles. The predicted molar refractivity (Wildman–Crippen MR) is 277 cm³/mol. The van der Waals surface area contributed by atoms with E-state index in [0.717, 1.165) is 5.57 Å². The van der Waals surface area contributed by atoms with Crippen LogP contribution in [0.1, 0.15) is 22.3 Å². The summed E-state index contributed by atoms with van der Waals surface area (Å²) in [4.78, 5) is 0. The molecule has 11 aromatic rings. The Morgan fingerprint density at radius 1 is 0.292 bits per heavy atom. The van der Waals surface area contributed by atoms with Crippen molar-refractivity contribution in [3.63, 3.8) is 0 Å². The van der Waals surface area contributed by atoms with E-state index in [9.17, 15) is 0 Å². The molecule has 2 aliphatic carbocycles. The first-order valence-electron chi connectivity index (χ1n) is 22.6. The lowest BCUT2D eigenvalue weighted by Gasteiger charge is -2.32. The number of fused-ring (bicyclic) bond motifs is 11. The fourth-order valence-corrected chi connectivity index (χ4v) is 11.8. The SMILES string of the molecule is C=CC1=C(C=C)C2(c3ccccc31)c1ccccc1-c1cc3c(-c4ccc(-c5cccc6ccccc56)cc4)c4ccccc4c(-c4ccc(-c5cccc6ccccc56)cc4)c3cc12. The second-order valence-corrected chi connectivity index (χ2v) is 17.5. The summed E-state index contributed by atoms with van der Waals surface area (Å²) in [6.07, 6.45) is 4.12. The van der Waals surface area contributed by atoms with Gasteiger partial charge in [-0.05, 0) is 144 Å². The van der Waals surface area contributed by atoms with E-state index in [2.05, 4.69) is 238 Å². The summed E-state index contributed by atoms with van der Waals surface area (Å²) in [6.45, 7) is 8.87. The Morgan fingerprint density at radius 2 is 0.708 bits per heavy atom. The van der Waals surface area contributed by atoms with Crippen LogP contribution < -0.4 is 0 Å². The number of rotatable bonds is 6. The van der Waals surface area contributed by atoms with Crippen molar-refractivity contribution >= 4 is 48.7 Å². The zero-order chi connectivity index (χ0) is 43.2. The van der Waals surface area contributed by atoms with Crippen LogP contribution >= 0.6 is 0 Å². The van der Waals surface area contributed by atoms with Gasteiger partial charge in [0.1, 0.15) is 0 Å². The van der Waals surface area contributed by atoms with E-state index < -0.39 is 5.41 Å². The number of benzene rings is 11. The molecule has 65 heavy (non-hydrogen) atoms. The second-order valence-electron chi connectivity index (χ2n) is 17.5. The lowest BCUT2D eigenvalue weighted by Crippen LogP contribution is -2.26. The Bertz CT molecular complexity index is 3830. The van der Waals surface area contributed by atoms with Crippen molar-refractivity contribution in [3.05, 3.63) is 272 Å². The average molecular weight is 823 g/mol. The zero-order valence-corrected chi connectivity index (χ0v) is 35.9. The van der Waals surface area contributed by atoms with Gasteiger partial charge >= 0.3 is 0 Å². The smallest absolute Gasteiger partial charge is 0.0725 e. The maximum atomic E-state index is 4.50. The first-order valence-corrected chi connectivity index (χ1v) is 22.6. The predicted octanol–water partition coefficient (Wildman–Crippen LogP) is 17.4. The van der Waals surface area contributed by atoms with E-state index in [4.69, 9.17) is 0 Å². The fourth-order valence-electron chi connectivity index (χ4n) is 11.8. The third-order valence-electron chi connectivity index (χ3n) is 14.5. The van der Waals surface area contributed by atoms with Crippen LogP contribution in [0.2, 0.25) is 0 Å². The molecule has 0 amide bonds. The normalized spacial score (nSPS) is 14.9. The molecule has 0 saturated heterocycles. The van der Waals surface area contributed by atoms with E-state index in [1.165, 1.54) is 127 Å². The summed E-state index contributed by atoms with van der Waals surface area (Å²) >= 11 is 0. The van der Waals surface area contributed by atoms with Crippen LogP contribution in [0, 0.1) is 0 Å². The Morgan fingerprint density at radius 3 is 1.25 bits per heavy atom. The van der Waals surface area contributed by atoms with Crippen molar-refractivity contribution in [1.82, 2.24) is 0 Å². The Hall–Kier alpha value is -8.32. The molecular weight excluding hydrogens is 781 g/mol. The molecule has 11 aromatic carbocycles. The molecule has 0 heteroatoms. The van der Waals surface area contributed by atoms with Crippen molar-refractivity contribution in [2.75, 3.05) is 0 Å². The van der Waals surface area contributed by atoms with Crippen molar-refractivity contribution in [3.8, 4) is 55.6 Å². The number of hydrogen-bond acceptors (Lipinski definition) is 0. The van der Waals surface area contributed by atoms with Gasteiger partial charge in [-0.2, -0.15) is 0 Å². The maximum absolute atomic E-state index is 4.50. The van der Waals surface area contributed by atoms with Crippen LogP contribution in [-0.2, 0) is 5.41 Å². The lowest BCUT2D eigenvalue weighted by molar-refractivity contribution is 0.788. The summed E-state index contributed by atoms with van der Waals surface area (Å²) in [6, 6.07) is 81.2. The molecule has 0 radical (unpaired) electrons. The summed E-state index contributed by atoms with van der Waals surface area (Å²) in [7, 11) is 0. The van der Waals surface area contributed by atoms with Gasteiger partial charge in [-0.25, -0.2) is 0 Å². The van der Waals surface area contributed by atoms with E-state index >= 15 is 0 Å². The topological polar surface area (TPSA) is 0 Å². The Labute approximate surface area is 379 Å². The van der Waals surface area contributed by atoms with Crippen molar-refractivity contribution in [1.29, 1.82) is 0 Å². The largest absolute Gasteiger partial charge is 0.0987 e. The highest BCUT2D eigenvalue weighted by atomic mass is 14.5. The van der Waals surface area contributed by atoms with Crippen molar-refractivity contribution in [2.24, 2.45) is 0 Å². The minimum absolute atomic E-state index is 0.552. The van der Waals surface area contributed by atoms with Crippen LogP contribution in [0.4, 0.5) is 0 Å². The minimum atomic E-state index is -0.552. The molecule has 0 aromatic heterocycles. The highest BCUT2D eigenvalue weighted by Crippen LogP contribution is 2.63. The Balaban J connectivity index is 1.11. The van der Waals surface area contributed by atoms with Gasteiger partial charge in [0.25, 0.3) is 0 Å². The van der Waals surface area contributed by atoms with Gasteiger partial charge in [0.2, 0.25) is 0 Å². The molecule has 0 saturated carbocycles. The lowest BCUT2D eigenvalue weighted by atomic mass is 9.69. The van der Waals surface area contributed by atoms with Crippen LogP contribution in [0.15, 0.2) is 249 Å². The summed E-state index contributed by atoms with van der Waals surface area (Å²) in [5, 5.41) is 9.95. The van der Waals surface area contributed by atoms with Gasteiger partial charge in [0.15, 0.2) is 0 Å². The van der Waals surface area contributed by atoms with Crippen LogP contribution in [0.5, 0.6) is 0 Å². The van der Waals surface area contributed by atoms with E-state index in [0.29, 0.717) is 0 Å². The second kappa shape index (κ2) is 14.4. The van der Waals surface area contributed by atoms with Crippen LogP contribution in [0.3, 0.4) is 0 Å². The summed E-state index contributed by atoms with van der Waals surface area (Å²) < 4.78 is 0. The van der Waals surface area contributed by atoms with Crippen LogP contribution in [-0.4, -0.2) is 0 Å². The highest BCUT2D eigenvalue weighted by molar-refractivity contribution is 6.23. The molecule has 2 aliphatic rings. The highest BCUT2D eigenvalue weighted by Gasteiger charge is 2.52. The number of allylic oxidation sites excluding steroid dienone is 4. The molecule has 0 nitrogen and oxygen atoms in total. The van der Waals surface area contributed by atoms with Gasteiger partial charge in [0, 0.05) is 0 Å². The molecule has 13 rings (SSSR count). The summed E-state index contributed by atoms with van der Waals surface area (Å²) in [5.41, 5.74) is 19.1. The van der Waals surface area contributed by atoms with Crippen molar-refractivity contribution < 1.29 is 0 Å². The molecule has 1 unspecified atom stereocenters. The first kappa shape index (κ1) is 37.3. The third kappa shape index (κ3) is 5.26. The van der Waals surface area contributed by atoms with E-state index in [-0.39, 0.29) is 0 Å². The molecule has 0 bridgehead atoms.